The topological polar surface area (TPSA) is 95.7 Å². The van der Waals surface area contributed by atoms with Gasteiger partial charge in [-0.25, -0.2) is 4.68 Å². The van der Waals surface area contributed by atoms with Gasteiger partial charge in [0, 0.05) is 16.1 Å². The smallest absolute Gasteiger partial charge is 0.247 e. The number of rotatable bonds is 5. The summed E-state index contributed by atoms with van der Waals surface area (Å²) >= 11 is 7.33. The second kappa shape index (κ2) is 7.65. The molecule has 0 radical (unpaired) electrons. The van der Waals surface area contributed by atoms with Gasteiger partial charge < -0.3 is 10.3 Å². The van der Waals surface area contributed by atoms with Crippen molar-refractivity contribution < 1.29 is 4.42 Å². The first-order valence-electron chi connectivity index (χ1n) is 8.55. The predicted molar refractivity (Wildman–Crippen MR) is 109 cm³/mol. The first-order valence-corrected chi connectivity index (χ1v) is 9.80. The first kappa shape index (κ1) is 18.5. The molecule has 1 unspecified atom stereocenters. The van der Waals surface area contributed by atoms with E-state index in [1.54, 1.807) is 12.1 Å². The molecule has 2 aromatic carbocycles. The van der Waals surface area contributed by atoms with Crippen molar-refractivity contribution in [2.24, 2.45) is 0 Å². The molecule has 0 aliphatic carbocycles. The van der Waals surface area contributed by atoms with Crippen LogP contribution >= 0.6 is 23.4 Å². The van der Waals surface area contributed by atoms with Gasteiger partial charge in [-0.05, 0) is 50.2 Å². The van der Waals surface area contributed by atoms with Crippen LogP contribution in [0.15, 0.2) is 58.1 Å². The average Bonchev–Trinajstić information content (AvgIpc) is 3.31. The Morgan fingerprint density at radius 1 is 0.964 bits per heavy atom. The maximum absolute atomic E-state index is 6.18. The minimum absolute atomic E-state index is 0.142. The highest BCUT2D eigenvalue weighted by Gasteiger charge is 2.20. The summed E-state index contributed by atoms with van der Waals surface area (Å²) < 4.78 is 7.28. The number of benzene rings is 2. The molecule has 0 bridgehead atoms. The van der Waals surface area contributed by atoms with Crippen molar-refractivity contribution in [3.05, 3.63) is 65.0 Å². The fourth-order valence-electron chi connectivity index (χ4n) is 2.57. The van der Waals surface area contributed by atoms with Gasteiger partial charge in [0.05, 0.1) is 5.25 Å². The number of aromatic nitrogens is 5. The molecule has 2 aromatic heterocycles. The molecular formula is C19H17ClN6OS. The normalized spacial score (nSPS) is 12.2. The molecule has 0 fully saturated rings. The van der Waals surface area contributed by atoms with Crippen molar-refractivity contribution in [3.63, 3.8) is 0 Å². The Balaban J connectivity index is 1.52. The number of nitrogens with two attached hydrogens (primary N) is 1. The van der Waals surface area contributed by atoms with Gasteiger partial charge in [-0.3, -0.25) is 0 Å². The van der Waals surface area contributed by atoms with Crippen LogP contribution in [0.3, 0.4) is 0 Å². The van der Waals surface area contributed by atoms with E-state index in [-0.39, 0.29) is 5.25 Å². The molecule has 28 heavy (non-hydrogen) atoms. The molecule has 0 saturated heterocycles. The largest absolute Gasteiger partial charge is 0.419 e. The van der Waals surface area contributed by atoms with E-state index in [4.69, 9.17) is 21.9 Å². The lowest BCUT2D eigenvalue weighted by Crippen LogP contribution is -2.12. The fraction of sp³-hybridized carbons (Fsp3) is 0.158. The highest BCUT2D eigenvalue weighted by atomic mass is 35.5. The van der Waals surface area contributed by atoms with Gasteiger partial charge in [-0.1, -0.05) is 41.1 Å². The van der Waals surface area contributed by atoms with E-state index < -0.39 is 0 Å². The standard InChI is InChI=1S/C19H17ClN6OS/c1-11-3-5-14(6-4-11)18-24-23-17(27-18)12(2)28-19-25-22-16(26(19)21)13-7-9-15(20)10-8-13/h3-10,12H,21H2,1-2H3. The van der Waals surface area contributed by atoms with E-state index in [9.17, 15) is 0 Å². The Labute approximate surface area is 170 Å². The number of halogens is 1. The molecule has 2 N–H and O–H groups in total. The van der Waals surface area contributed by atoms with E-state index in [1.807, 2.05) is 50.2 Å². The monoisotopic (exact) mass is 412 g/mol. The molecule has 142 valence electrons. The molecule has 0 amide bonds. The summed E-state index contributed by atoms with van der Waals surface area (Å²) in [4.78, 5) is 0. The number of nitrogens with zero attached hydrogens (tertiary/aromatic N) is 5. The molecule has 7 nitrogen and oxygen atoms in total. The molecule has 4 aromatic rings. The van der Waals surface area contributed by atoms with Crippen molar-refractivity contribution >= 4 is 23.4 Å². The zero-order valence-electron chi connectivity index (χ0n) is 15.2. The predicted octanol–water partition coefficient (Wildman–Crippen LogP) is 4.52. The third-order valence-corrected chi connectivity index (χ3v) is 5.43. The Morgan fingerprint density at radius 3 is 2.36 bits per heavy atom. The van der Waals surface area contributed by atoms with E-state index in [0.717, 1.165) is 11.1 Å². The van der Waals surface area contributed by atoms with E-state index >= 15 is 0 Å². The molecule has 0 saturated carbocycles. The number of hydrogen-bond acceptors (Lipinski definition) is 7. The van der Waals surface area contributed by atoms with Crippen molar-refractivity contribution in [2.75, 3.05) is 5.84 Å². The highest BCUT2D eigenvalue weighted by molar-refractivity contribution is 7.99. The lowest BCUT2D eigenvalue weighted by atomic mass is 10.1. The molecule has 0 aliphatic rings. The number of nitrogen functional groups attached to an aromatic ring is 1. The average molecular weight is 413 g/mol. The van der Waals surface area contributed by atoms with Crippen LogP contribution in [-0.4, -0.2) is 25.1 Å². The van der Waals surface area contributed by atoms with Gasteiger partial charge in [0.2, 0.25) is 16.9 Å². The fourth-order valence-corrected chi connectivity index (χ4v) is 3.50. The number of hydrogen-bond donors (Lipinski definition) is 1. The summed E-state index contributed by atoms with van der Waals surface area (Å²) in [5.74, 6) is 7.72. The Bertz CT molecular complexity index is 1090. The van der Waals surface area contributed by atoms with Crippen LogP contribution in [0.4, 0.5) is 0 Å². The molecule has 1 atom stereocenters. The lowest BCUT2D eigenvalue weighted by molar-refractivity contribution is 0.509. The van der Waals surface area contributed by atoms with E-state index in [1.165, 1.54) is 22.0 Å². The lowest BCUT2D eigenvalue weighted by Gasteiger charge is -2.07. The molecule has 9 heteroatoms. The van der Waals surface area contributed by atoms with E-state index in [0.29, 0.717) is 27.8 Å². The molecule has 4 rings (SSSR count). The van der Waals surface area contributed by atoms with Crippen LogP contribution < -0.4 is 5.84 Å². The van der Waals surface area contributed by atoms with Crippen molar-refractivity contribution in [3.8, 4) is 22.8 Å². The summed E-state index contributed by atoms with van der Waals surface area (Å²) in [5, 5.41) is 17.7. The second-order valence-corrected chi connectivity index (χ2v) is 8.00. The third-order valence-electron chi connectivity index (χ3n) is 4.14. The maximum atomic E-state index is 6.18. The van der Waals surface area contributed by atoms with Gasteiger partial charge >= 0.3 is 0 Å². The number of thioether (sulfide) groups is 1. The Hall–Kier alpha value is -2.84. The summed E-state index contributed by atoms with van der Waals surface area (Å²) in [5.41, 5.74) is 2.89. The van der Waals surface area contributed by atoms with Crippen LogP contribution in [0, 0.1) is 6.92 Å². The zero-order chi connectivity index (χ0) is 19.7. The number of aryl methyl sites for hydroxylation is 1. The highest BCUT2D eigenvalue weighted by Crippen LogP contribution is 2.35. The van der Waals surface area contributed by atoms with Crippen molar-refractivity contribution in [1.82, 2.24) is 25.1 Å². The summed E-state index contributed by atoms with van der Waals surface area (Å²) in [6, 6.07) is 15.2. The van der Waals surface area contributed by atoms with Crippen LogP contribution in [-0.2, 0) is 0 Å². The quantitative estimate of drug-likeness (QED) is 0.380. The summed E-state index contributed by atoms with van der Waals surface area (Å²) in [6.45, 7) is 3.98. The van der Waals surface area contributed by atoms with E-state index in [2.05, 4.69) is 20.4 Å². The third kappa shape index (κ3) is 3.74. The van der Waals surface area contributed by atoms with Gasteiger partial charge in [-0.2, -0.15) is 0 Å². The molecular weight excluding hydrogens is 396 g/mol. The van der Waals surface area contributed by atoms with Gasteiger partial charge in [-0.15, -0.1) is 20.4 Å². The summed E-state index contributed by atoms with van der Waals surface area (Å²) in [6.07, 6.45) is 0. The van der Waals surface area contributed by atoms with Crippen molar-refractivity contribution in [2.45, 2.75) is 24.3 Å². The molecule has 2 heterocycles. The van der Waals surface area contributed by atoms with Gasteiger partial charge in [0.15, 0.2) is 5.82 Å². The van der Waals surface area contributed by atoms with Crippen LogP contribution in [0.25, 0.3) is 22.8 Å². The molecule has 0 aliphatic heterocycles. The van der Waals surface area contributed by atoms with Crippen LogP contribution in [0.1, 0.15) is 23.6 Å². The summed E-state index contributed by atoms with van der Waals surface area (Å²) in [7, 11) is 0. The maximum Gasteiger partial charge on any atom is 0.247 e. The van der Waals surface area contributed by atoms with Gasteiger partial charge in [0.25, 0.3) is 0 Å². The Morgan fingerprint density at radius 2 is 1.64 bits per heavy atom. The first-order chi connectivity index (χ1) is 13.5. The minimum atomic E-state index is -0.142. The zero-order valence-corrected chi connectivity index (χ0v) is 16.8. The van der Waals surface area contributed by atoms with Crippen molar-refractivity contribution in [1.29, 1.82) is 0 Å². The van der Waals surface area contributed by atoms with Crippen LogP contribution in [0.2, 0.25) is 5.02 Å². The SMILES string of the molecule is Cc1ccc(-c2nnc(C(C)Sc3nnc(-c4ccc(Cl)cc4)n3N)o2)cc1. The van der Waals surface area contributed by atoms with Crippen LogP contribution in [0.5, 0.6) is 0 Å². The molecule has 0 spiro atoms. The minimum Gasteiger partial charge on any atom is -0.419 e. The Kier molecular flexibility index (Phi) is 5.06. The second-order valence-electron chi connectivity index (χ2n) is 6.25. The van der Waals surface area contributed by atoms with Gasteiger partial charge in [0.1, 0.15) is 0 Å².